The van der Waals surface area contributed by atoms with Crippen LogP contribution < -0.4 is 0 Å². The third-order valence-corrected chi connectivity index (χ3v) is 4.53. The lowest BCUT2D eigenvalue weighted by atomic mass is 10.0. The van der Waals surface area contributed by atoms with Crippen molar-refractivity contribution in [3.05, 3.63) is 0 Å². The van der Waals surface area contributed by atoms with E-state index in [2.05, 4.69) is 0 Å². The predicted octanol–water partition coefficient (Wildman–Crippen LogP) is 4.22. The highest BCUT2D eigenvalue weighted by molar-refractivity contribution is 8.77. The third kappa shape index (κ3) is 4.50. The summed E-state index contributed by atoms with van der Waals surface area (Å²) in [6, 6.07) is 0. The molecule has 0 amide bonds. The van der Waals surface area contributed by atoms with Crippen molar-refractivity contribution < 1.29 is 13.2 Å². The minimum absolute atomic E-state index is 0.0568. The normalized spacial score (nSPS) is 21.2. The molecule has 0 aromatic carbocycles. The van der Waals surface area contributed by atoms with Gasteiger partial charge in [-0.2, -0.15) is 13.2 Å². The average molecular weight is 216 g/mol. The zero-order chi connectivity index (χ0) is 9.03. The van der Waals surface area contributed by atoms with E-state index in [-0.39, 0.29) is 16.0 Å². The van der Waals surface area contributed by atoms with Gasteiger partial charge in [0.05, 0.1) is 0 Å². The molecule has 1 fully saturated rings. The molecule has 0 N–H and O–H groups in total. The summed E-state index contributed by atoms with van der Waals surface area (Å²) in [5, 5.41) is 0.227. The second-order valence-electron chi connectivity index (χ2n) is 2.89. The molecule has 0 aromatic heterocycles. The Morgan fingerprint density at radius 1 is 1.00 bits per heavy atom. The van der Waals surface area contributed by atoms with Crippen LogP contribution in [-0.4, -0.2) is 10.8 Å². The van der Waals surface area contributed by atoms with E-state index < -0.39 is 5.51 Å². The summed E-state index contributed by atoms with van der Waals surface area (Å²) in [7, 11) is 1.05. The van der Waals surface area contributed by atoms with Crippen LogP contribution in [0.5, 0.6) is 0 Å². The molecule has 0 unspecified atom stereocenters. The fourth-order valence-electron chi connectivity index (χ4n) is 1.28. The molecule has 1 aliphatic carbocycles. The Labute approximate surface area is 78.1 Å². The van der Waals surface area contributed by atoms with Crippen molar-refractivity contribution in [3.63, 3.8) is 0 Å². The van der Waals surface area contributed by atoms with Crippen LogP contribution in [0.3, 0.4) is 0 Å². The van der Waals surface area contributed by atoms with Gasteiger partial charge in [0.25, 0.3) is 0 Å². The number of halogens is 3. The van der Waals surface area contributed by atoms with Crippen LogP contribution in [0.4, 0.5) is 13.2 Å². The second-order valence-corrected chi connectivity index (χ2v) is 5.45. The largest absolute Gasteiger partial charge is 0.452 e. The van der Waals surface area contributed by atoms with Crippen molar-refractivity contribution in [2.75, 3.05) is 0 Å². The molecule has 1 saturated carbocycles. The topological polar surface area (TPSA) is 0 Å². The van der Waals surface area contributed by atoms with Crippen LogP contribution in [0.15, 0.2) is 0 Å². The van der Waals surface area contributed by atoms with E-state index in [9.17, 15) is 13.2 Å². The molecule has 0 radical (unpaired) electrons. The first kappa shape index (κ1) is 10.6. The summed E-state index contributed by atoms with van der Waals surface area (Å²) >= 11 is 0. The Balaban J connectivity index is 2.13. The molecule has 1 aliphatic rings. The minimum Gasteiger partial charge on any atom is -0.160 e. The first-order chi connectivity index (χ1) is 5.58. The molecule has 0 spiro atoms. The van der Waals surface area contributed by atoms with Crippen LogP contribution in [-0.2, 0) is 0 Å². The summed E-state index contributed by atoms with van der Waals surface area (Å²) in [5.41, 5.74) is -4.07. The highest BCUT2D eigenvalue weighted by Crippen LogP contribution is 2.45. The summed E-state index contributed by atoms with van der Waals surface area (Å²) in [6.07, 6.45) is 5.28. The van der Waals surface area contributed by atoms with Crippen molar-refractivity contribution in [1.82, 2.24) is 0 Å². The Morgan fingerprint density at radius 3 is 2.08 bits per heavy atom. The van der Waals surface area contributed by atoms with Gasteiger partial charge < -0.3 is 0 Å². The van der Waals surface area contributed by atoms with Crippen LogP contribution in [0, 0.1) is 0 Å². The van der Waals surface area contributed by atoms with Gasteiger partial charge in [-0.3, -0.25) is 0 Å². The van der Waals surface area contributed by atoms with Crippen molar-refractivity contribution in [2.24, 2.45) is 0 Å². The monoisotopic (exact) mass is 216 g/mol. The molecular weight excluding hydrogens is 205 g/mol. The van der Waals surface area contributed by atoms with Crippen LogP contribution in [0.1, 0.15) is 32.1 Å². The molecule has 72 valence electrons. The van der Waals surface area contributed by atoms with Crippen molar-refractivity contribution in [1.29, 1.82) is 0 Å². The van der Waals surface area contributed by atoms with Gasteiger partial charge in [-0.1, -0.05) is 30.1 Å². The molecule has 0 nitrogen and oxygen atoms in total. The average Bonchev–Trinajstić information content (AvgIpc) is 2.02. The SMILES string of the molecule is FC(F)(F)SSC1CCCCC1. The number of alkyl halides is 3. The number of hydrogen-bond acceptors (Lipinski definition) is 2. The molecule has 0 aromatic rings. The molecule has 0 bridgehead atoms. The summed E-state index contributed by atoms with van der Waals surface area (Å²) in [4.78, 5) is 0. The fraction of sp³-hybridized carbons (Fsp3) is 1.00. The zero-order valence-corrected chi connectivity index (χ0v) is 8.20. The number of hydrogen-bond donors (Lipinski definition) is 0. The molecule has 1 rings (SSSR count). The first-order valence-electron chi connectivity index (χ1n) is 3.99. The molecule has 12 heavy (non-hydrogen) atoms. The lowest BCUT2D eigenvalue weighted by Gasteiger charge is -2.20. The van der Waals surface area contributed by atoms with Gasteiger partial charge in [-0.05, 0) is 12.8 Å². The molecule has 0 aliphatic heterocycles. The Kier molecular flexibility index (Phi) is 4.10. The van der Waals surface area contributed by atoms with Crippen molar-refractivity contribution in [3.8, 4) is 0 Å². The highest BCUT2D eigenvalue weighted by Gasteiger charge is 2.30. The van der Waals surface area contributed by atoms with E-state index in [4.69, 9.17) is 0 Å². The minimum atomic E-state index is -4.07. The van der Waals surface area contributed by atoms with E-state index in [1.165, 1.54) is 6.42 Å². The van der Waals surface area contributed by atoms with Crippen LogP contribution in [0.2, 0.25) is 0 Å². The van der Waals surface area contributed by atoms with Gasteiger partial charge in [-0.25, -0.2) is 0 Å². The molecule has 0 saturated heterocycles. The van der Waals surface area contributed by atoms with Gasteiger partial charge in [0.15, 0.2) is 0 Å². The fourth-order valence-corrected chi connectivity index (χ4v) is 3.37. The van der Waals surface area contributed by atoms with Crippen LogP contribution >= 0.6 is 21.6 Å². The smallest absolute Gasteiger partial charge is 0.160 e. The van der Waals surface area contributed by atoms with E-state index >= 15 is 0 Å². The first-order valence-corrected chi connectivity index (χ1v) is 6.20. The summed E-state index contributed by atoms with van der Waals surface area (Å²) in [6.45, 7) is 0. The maximum Gasteiger partial charge on any atom is 0.452 e. The van der Waals surface area contributed by atoms with E-state index in [1.807, 2.05) is 0 Å². The quantitative estimate of drug-likeness (QED) is 0.634. The Bertz CT molecular complexity index is 129. The zero-order valence-electron chi connectivity index (χ0n) is 6.56. The van der Waals surface area contributed by atoms with Gasteiger partial charge >= 0.3 is 5.51 Å². The lowest BCUT2D eigenvalue weighted by molar-refractivity contribution is -0.0311. The highest BCUT2D eigenvalue weighted by atomic mass is 33.1. The van der Waals surface area contributed by atoms with E-state index in [0.717, 1.165) is 36.5 Å². The standard InChI is InChI=1S/C7H11F3S2/c8-7(9,10)12-11-6-4-2-1-3-5-6/h6H,1-5H2. The van der Waals surface area contributed by atoms with Crippen LogP contribution in [0.25, 0.3) is 0 Å². The molecule has 0 heterocycles. The van der Waals surface area contributed by atoms with Gasteiger partial charge in [0.2, 0.25) is 0 Å². The van der Waals surface area contributed by atoms with Gasteiger partial charge in [-0.15, -0.1) is 0 Å². The van der Waals surface area contributed by atoms with Gasteiger partial charge in [0, 0.05) is 16.0 Å². The van der Waals surface area contributed by atoms with E-state index in [1.54, 1.807) is 0 Å². The summed E-state index contributed by atoms with van der Waals surface area (Å²) in [5.74, 6) is 0. The van der Waals surface area contributed by atoms with Gasteiger partial charge in [0.1, 0.15) is 0 Å². The van der Waals surface area contributed by atoms with Crippen molar-refractivity contribution >= 4 is 21.6 Å². The molecule has 5 heteroatoms. The number of rotatable bonds is 2. The second kappa shape index (κ2) is 4.65. The predicted molar refractivity (Wildman–Crippen MR) is 48.1 cm³/mol. The maximum atomic E-state index is 11.8. The Morgan fingerprint density at radius 2 is 1.58 bits per heavy atom. The lowest BCUT2D eigenvalue weighted by Crippen LogP contribution is -2.08. The molecule has 0 atom stereocenters. The van der Waals surface area contributed by atoms with Crippen molar-refractivity contribution in [2.45, 2.75) is 42.9 Å². The maximum absolute atomic E-state index is 11.8. The third-order valence-electron chi connectivity index (χ3n) is 1.83. The van der Waals surface area contributed by atoms with E-state index in [0.29, 0.717) is 0 Å². The summed E-state index contributed by atoms with van der Waals surface area (Å²) < 4.78 is 35.3. The molecular formula is C7H11F3S2. The Hall–Kier alpha value is 0.490.